The van der Waals surface area contributed by atoms with Crippen LogP contribution in [0.25, 0.3) is 0 Å². The molecule has 0 amide bonds. The molecule has 1 N–H and O–H groups in total. The van der Waals surface area contributed by atoms with Crippen LogP contribution in [-0.4, -0.2) is 16.3 Å². The molecule has 2 rings (SSSR count). The zero-order chi connectivity index (χ0) is 15.4. The molecular weight excluding hydrogens is 329 g/mol. The number of nitrogens with zero attached hydrogens (tertiary/aromatic N) is 2. The van der Waals surface area contributed by atoms with Crippen molar-refractivity contribution in [2.75, 3.05) is 6.54 Å². The third-order valence-electron chi connectivity index (χ3n) is 3.33. The number of aromatic nitrogens is 2. The third-order valence-corrected chi connectivity index (χ3v) is 4.36. The summed E-state index contributed by atoms with van der Waals surface area (Å²) in [6, 6.07) is 5.79. The van der Waals surface area contributed by atoms with E-state index in [1.165, 1.54) is 0 Å². The van der Waals surface area contributed by atoms with E-state index in [0.717, 1.165) is 30.6 Å². The van der Waals surface area contributed by atoms with Crippen molar-refractivity contribution in [3.63, 3.8) is 0 Å². The van der Waals surface area contributed by atoms with Gasteiger partial charge in [-0.15, -0.1) is 0 Å². The quantitative estimate of drug-likeness (QED) is 0.824. The first kappa shape index (κ1) is 16.6. The van der Waals surface area contributed by atoms with Crippen LogP contribution in [0.2, 0.25) is 15.1 Å². The van der Waals surface area contributed by atoms with E-state index in [-0.39, 0.29) is 6.04 Å². The molecule has 0 saturated carbocycles. The number of rotatable bonds is 6. The summed E-state index contributed by atoms with van der Waals surface area (Å²) in [5.41, 5.74) is 2.09. The minimum absolute atomic E-state index is 0.0854. The lowest BCUT2D eigenvalue weighted by molar-refractivity contribution is 0.493. The number of hydrogen-bond acceptors (Lipinski definition) is 2. The van der Waals surface area contributed by atoms with Gasteiger partial charge in [-0.05, 0) is 37.1 Å². The van der Waals surface area contributed by atoms with Crippen LogP contribution in [0.4, 0.5) is 0 Å². The Bertz CT molecular complexity index is 591. The average Bonchev–Trinajstić information content (AvgIpc) is 2.78. The highest BCUT2D eigenvalue weighted by Crippen LogP contribution is 2.28. The minimum Gasteiger partial charge on any atom is -0.308 e. The highest BCUT2D eigenvalue weighted by molar-refractivity contribution is 6.42. The Morgan fingerprint density at radius 2 is 1.95 bits per heavy atom. The van der Waals surface area contributed by atoms with Crippen molar-refractivity contribution in [2.24, 2.45) is 7.05 Å². The van der Waals surface area contributed by atoms with Gasteiger partial charge in [0, 0.05) is 7.05 Å². The predicted octanol–water partition coefficient (Wildman–Crippen LogP) is 4.66. The van der Waals surface area contributed by atoms with Crippen LogP contribution in [0.15, 0.2) is 24.4 Å². The molecule has 0 aliphatic carbocycles. The van der Waals surface area contributed by atoms with Crippen LogP contribution >= 0.6 is 34.8 Å². The SMILES string of the molecule is CCCNC(Cc1ccc(Cl)c(Cl)c1)c1c(Cl)cnn1C. The predicted molar refractivity (Wildman–Crippen MR) is 89.4 cm³/mol. The fourth-order valence-electron chi connectivity index (χ4n) is 2.30. The van der Waals surface area contributed by atoms with Gasteiger partial charge >= 0.3 is 0 Å². The van der Waals surface area contributed by atoms with E-state index < -0.39 is 0 Å². The van der Waals surface area contributed by atoms with Gasteiger partial charge in [-0.1, -0.05) is 47.8 Å². The van der Waals surface area contributed by atoms with E-state index in [4.69, 9.17) is 34.8 Å². The van der Waals surface area contributed by atoms with Crippen LogP contribution < -0.4 is 5.32 Å². The zero-order valence-electron chi connectivity index (χ0n) is 12.0. The Labute approximate surface area is 140 Å². The molecule has 6 heteroatoms. The standard InChI is InChI=1S/C15H18Cl3N3/c1-3-6-19-14(15-13(18)9-20-21(15)2)8-10-4-5-11(16)12(17)7-10/h4-5,7,9,14,19H,3,6,8H2,1-2H3. The Morgan fingerprint density at radius 1 is 1.19 bits per heavy atom. The van der Waals surface area contributed by atoms with Crippen LogP contribution in [0.5, 0.6) is 0 Å². The monoisotopic (exact) mass is 345 g/mol. The zero-order valence-corrected chi connectivity index (χ0v) is 14.3. The number of aryl methyl sites for hydroxylation is 1. The van der Waals surface area contributed by atoms with E-state index in [1.54, 1.807) is 6.20 Å². The van der Waals surface area contributed by atoms with Crippen molar-refractivity contribution in [3.05, 3.63) is 50.7 Å². The van der Waals surface area contributed by atoms with Crippen LogP contribution in [0.3, 0.4) is 0 Å². The molecule has 21 heavy (non-hydrogen) atoms. The summed E-state index contributed by atoms with van der Waals surface area (Å²) in [6.07, 6.45) is 3.50. The van der Waals surface area contributed by atoms with Crippen molar-refractivity contribution in [1.82, 2.24) is 15.1 Å². The first-order valence-electron chi connectivity index (χ1n) is 6.87. The summed E-state index contributed by atoms with van der Waals surface area (Å²) in [7, 11) is 1.90. The Kier molecular flexibility index (Phi) is 5.94. The molecule has 1 aromatic heterocycles. The van der Waals surface area contributed by atoms with Gasteiger partial charge in [-0.3, -0.25) is 4.68 Å². The molecule has 0 saturated heterocycles. The smallest absolute Gasteiger partial charge is 0.0834 e. The molecule has 1 heterocycles. The van der Waals surface area contributed by atoms with Gasteiger partial charge in [0.05, 0.1) is 33.0 Å². The molecule has 0 spiro atoms. The Balaban J connectivity index is 2.26. The highest BCUT2D eigenvalue weighted by Gasteiger charge is 2.19. The van der Waals surface area contributed by atoms with Gasteiger partial charge < -0.3 is 5.32 Å². The van der Waals surface area contributed by atoms with Crippen LogP contribution in [0.1, 0.15) is 30.6 Å². The van der Waals surface area contributed by atoms with Gasteiger partial charge in [0.25, 0.3) is 0 Å². The summed E-state index contributed by atoms with van der Waals surface area (Å²) in [4.78, 5) is 0. The number of hydrogen-bond donors (Lipinski definition) is 1. The Hall–Kier alpha value is -0.740. The molecule has 1 unspecified atom stereocenters. The second-order valence-electron chi connectivity index (χ2n) is 4.96. The molecule has 1 aromatic carbocycles. The average molecular weight is 347 g/mol. The lowest BCUT2D eigenvalue weighted by Crippen LogP contribution is -2.26. The molecule has 0 aliphatic rings. The maximum atomic E-state index is 6.27. The summed E-state index contributed by atoms with van der Waals surface area (Å²) >= 11 is 18.3. The minimum atomic E-state index is 0.0854. The normalized spacial score (nSPS) is 12.6. The maximum Gasteiger partial charge on any atom is 0.0834 e. The molecule has 0 bridgehead atoms. The van der Waals surface area contributed by atoms with E-state index >= 15 is 0 Å². The number of nitrogens with one attached hydrogen (secondary N) is 1. The molecule has 1 atom stereocenters. The molecule has 0 aliphatic heterocycles. The van der Waals surface area contributed by atoms with Crippen LogP contribution in [-0.2, 0) is 13.5 Å². The lowest BCUT2D eigenvalue weighted by atomic mass is 10.0. The van der Waals surface area contributed by atoms with E-state index in [0.29, 0.717) is 15.1 Å². The first-order valence-corrected chi connectivity index (χ1v) is 8.01. The summed E-state index contributed by atoms with van der Waals surface area (Å²) in [6.45, 7) is 3.04. The van der Waals surface area contributed by atoms with Gasteiger partial charge in [0.15, 0.2) is 0 Å². The molecule has 0 radical (unpaired) electrons. The van der Waals surface area contributed by atoms with Crippen molar-refractivity contribution < 1.29 is 0 Å². The van der Waals surface area contributed by atoms with E-state index in [9.17, 15) is 0 Å². The van der Waals surface area contributed by atoms with Crippen molar-refractivity contribution in [3.8, 4) is 0 Å². The van der Waals surface area contributed by atoms with E-state index in [1.807, 2.05) is 29.9 Å². The molecule has 0 fully saturated rings. The van der Waals surface area contributed by atoms with Crippen molar-refractivity contribution >= 4 is 34.8 Å². The molecule has 3 nitrogen and oxygen atoms in total. The van der Waals surface area contributed by atoms with Gasteiger partial charge in [0.2, 0.25) is 0 Å². The fourth-order valence-corrected chi connectivity index (χ4v) is 2.92. The Morgan fingerprint density at radius 3 is 2.52 bits per heavy atom. The summed E-state index contributed by atoms with van der Waals surface area (Å²) in [5, 5.41) is 9.54. The van der Waals surface area contributed by atoms with Gasteiger partial charge in [-0.2, -0.15) is 5.10 Å². The highest BCUT2D eigenvalue weighted by atomic mass is 35.5. The van der Waals surface area contributed by atoms with Crippen molar-refractivity contribution in [2.45, 2.75) is 25.8 Å². The molecule has 114 valence electrons. The summed E-state index contributed by atoms with van der Waals surface area (Å²) in [5.74, 6) is 0. The largest absolute Gasteiger partial charge is 0.308 e. The fraction of sp³-hybridized carbons (Fsp3) is 0.400. The maximum absolute atomic E-state index is 6.27. The molecular formula is C15H18Cl3N3. The third kappa shape index (κ3) is 4.13. The van der Waals surface area contributed by atoms with Gasteiger partial charge in [0.1, 0.15) is 0 Å². The van der Waals surface area contributed by atoms with Gasteiger partial charge in [-0.25, -0.2) is 0 Å². The van der Waals surface area contributed by atoms with Crippen LogP contribution in [0, 0.1) is 0 Å². The second kappa shape index (κ2) is 7.50. The second-order valence-corrected chi connectivity index (χ2v) is 6.18. The summed E-state index contributed by atoms with van der Waals surface area (Å²) < 4.78 is 1.81. The van der Waals surface area contributed by atoms with E-state index in [2.05, 4.69) is 17.3 Å². The lowest BCUT2D eigenvalue weighted by Gasteiger charge is -2.20. The molecule has 2 aromatic rings. The number of benzene rings is 1. The van der Waals surface area contributed by atoms with Crippen molar-refractivity contribution in [1.29, 1.82) is 0 Å². The topological polar surface area (TPSA) is 29.9 Å². The number of halogens is 3. The first-order chi connectivity index (χ1) is 10.0.